The number of carbonyl (C=O) groups is 1. The second-order valence-electron chi connectivity index (χ2n) is 6.71. The van der Waals surface area contributed by atoms with Crippen LogP contribution in [-0.2, 0) is 0 Å². The van der Waals surface area contributed by atoms with E-state index in [2.05, 4.69) is 31.1 Å². The van der Waals surface area contributed by atoms with Crippen LogP contribution >= 0.6 is 11.6 Å². The predicted octanol–water partition coefficient (Wildman–Crippen LogP) is 4.46. The molecular weight excluding hydrogens is 284 g/mol. The number of hydrogen-bond acceptors (Lipinski definition) is 2. The monoisotopic (exact) mass is 308 g/mol. The second-order valence-corrected chi connectivity index (χ2v) is 7.10. The van der Waals surface area contributed by atoms with Crippen LogP contribution in [0.3, 0.4) is 0 Å². The van der Waals surface area contributed by atoms with Crippen molar-refractivity contribution < 1.29 is 4.79 Å². The molecule has 1 aliphatic carbocycles. The molecule has 116 valence electrons. The fourth-order valence-corrected chi connectivity index (χ4v) is 3.27. The number of hydrogen-bond donors (Lipinski definition) is 1. The van der Waals surface area contributed by atoms with Crippen LogP contribution in [-0.4, -0.2) is 16.9 Å². The lowest BCUT2D eigenvalue weighted by atomic mass is 9.69. The van der Waals surface area contributed by atoms with Gasteiger partial charge in [-0.15, -0.1) is 0 Å². The Hall–Kier alpha value is -1.09. The minimum absolute atomic E-state index is 0.115. The number of halogens is 1. The highest BCUT2D eigenvalue weighted by Crippen LogP contribution is 2.40. The molecule has 0 bridgehead atoms. The molecule has 1 aromatic rings. The van der Waals surface area contributed by atoms with Gasteiger partial charge in [-0.2, -0.15) is 0 Å². The minimum atomic E-state index is -0.115. The quantitative estimate of drug-likeness (QED) is 0.834. The van der Waals surface area contributed by atoms with Crippen LogP contribution in [0.2, 0.25) is 5.15 Å². The van der Waals surface area contributed by atoms with Crippen molar-refractivity contribution in [3.05, 3.63) is 29.0 Å². The van der Waals surface area contributed by atoms with Crippen molar-refractivity contribution in [2.45, 2.75) is 58.9 Å². The molecule has 1 aromatic heterocycles. The van der Waals surface area contributed by atoms with Gasteiger partial charge < -0.3 is 5.32 Å². The highest BCUT2D eigenvalue weighted by Gasteiger charge is 2.32. The standard InChI is InChI=1S/C17H25ClN2O/c1-4-17(2,3)12-8-10-13(11-9-12)19-16(21)14-6-5-7-15(18)20-14/h5-7,12-13H,4,8-11H2,1-3H3,(H,19,21). The maximum atomic E-state index is 12.2. The lowest BCUT2D eigenvalue weighted by Crippen LogP contribution is -2.40. The first-order chi connectivity index (χ1) is 9.92. The van der Waals surface area contributed by atoms with E-state index in [1.54, 1.807) is 18.2 Å². The van der Waals surface area contributed by atoms with E-state index in [4.69, 9.17) is 11.6 Å². The molecule has 3 nitrogen and oxygen atoms in total. The van der Waals surface area contributed by atoms with Gasteiger partial charge in [0.1, 0.15) is 10.8 Å². The number of amides is 1. The molecule has 0 unspecified atom stereocenters. The van der Waals surface area contributed by atoms with Crippen molar-refractivity contribution in [2.24, 2.45) is 11.3 Å². The molecule has 0 spiro atoms. The van der Waals surface area contributed by atoms with Gasteiger partial charge in [0.05, 0.1) is 0 Å². The summed E-state index contributed by atoms with van der Waals surface area (Å²) in [5.74, 6) is 0.649. The number of nitrogens with zero attached hydrogens (tertiary/aromatic N) is 1. The summed E-state index contributed by atoms with van der Waals surface area (Å²) < 4.78 is 0. The zero-order chi connectivity index (χ0) is 15.5. The lowest BCUT2D eigenvalue weighted by Gasteiger charge is -2.39. The van der Waals surface area contributed by atoms with Crippen molar-refractivity contribution >= 4 is 17.5 Å². The summed E-state index contributed by atoms with van der Waals surface area (Å²) in [6.07, 6.45) is 5.70. The third-order valence-corrected chi connectivity index (χ3v) is 5.24. The fraction of sp³-hybridized carbons (Fsp3) is 0.647. The molecular formula is C17H25ClN2O. The number of carbonyl (C=O) groups excluding carboxylic acids is 1. The van der Waals surface area contributed by atoms with Gasteiger partial charge in [0.2, 0.25) is 0 Å². The smallest absolute Gasteiger partial charge is 0.270 e. The number of aromatic nitrogens is 1. The maximum absolute atomic E-state index is 12.2. The van der Waals surface area contributed by atoms with Crippen LogP contribution in [0.4, 0.5) is 0 Å². The van der Waals surface area contributed by atoms with Gasteiger partial charge in [-0.1, -0.05) is 44.9 Å². The Morgan fingerprint density at radius 1 is 1.33 bits per heavy atom. The first-order valence-corrected chi connectivity index (χ1v) is 8.23. The molecule has 1 fully saturated rings. The number of nitrogens with one attached hydrogen (secondary N) is 1. The Bertz CT molecular complexity index is 493. The van der Waals surface area contributed by atoms with Crippen molar-refractivity contribution in [3.63, 3.8) is 0 Å². The van der Waals surface area contributed by atoms with Crippen LogP contribution in [0.5, 0.6) is 0 Å². The van der Waals surface area contributed by atoms with Crippen molar-refractivity contribution in [2.75, 3.05) is 0 Å². The SMILES string of the molecule is CCC(C)(C)C1CCC(NC(=O)c2cccc(Cl)n2)CC1. The van der Waals surface area contributed by atoms with E-state index in [0.29, 0.717) is 16.3 Å². The topological polar surface area (TPSA) is 42.0 Å². The summed E-state index contributed by atoms with van der Waals surface area (Å²) >= 11 is 5.83. The molecule has 1 heterocycles. The van der Waals surface area contributed by atoms with Crippen molar-refractivity contribution in [1.82, 2.24) is 10.3 Å². The Balaban J connectivity index is 1.88. The minimum Gasteiger partial charge on any atom is -0.348 e. The molecule has 21 heavy (non-hydrogen) atoms. The lowest BCUT2D eigenvalue weighted by molar-refractivity contribution is 0.0888. The molecule has 2 rings (SSSR count). The van der Waals surface area contributed by atoms with Crippen LogP contribution in [0.15, 0.2) is 18.2 Å². The normalized spacial score (nSPS) is 22.9. The Morgan fingerprint density at radius 2 is 2.00 bits per heavy atom. The van der Waals surface area contributed by atoms with Gasteiger partial charge >= 0.3 is 0 Å². The van der Waals surface area contributed by atoms with Crippen molar-refractivity contribution in [3.8, 4) is 0 Å². The Labute approximate surface area is 132 Å². The highest BCUT2D eigenvalue weighted by molar-refractivity contribution is 6.29. The van der Waals surface area contributed by atoms with Gasteiger partial charge in [-0.3, -0.25) is 4.79 Å². The van der Waals surface area contributed by atoms with Crippen LogP contribution in [0.25, 0.3) is 0 Å². The summed E-state index contributed by atoms with van der Waals surface area (Å²) in [5.41, 5.74) is 0.808. The second kappa shape index (κ2) is 6.78. The molecule has 0 saturated heterocycles. The summed E-state index contributed by atoms with van der Waals surface area (Å²) in [5, 5.41) is 3.45. The van der Waals surface area contributed by atoms with E-state index in [0.717, 1.165) is 18.8 Å². The molecule has 1 amide bonds. The summed E-state index contributed by atoms with van der Waals surface area (Å²) in [7, 11) is 0. The van der Waals surface area contributed by atoms with E-state index in [9.17, 15) is 4.79 Å². The summed E-state index contributed by atoms with van der Waals surface area (Å²) in [6.45, 7) is 6.97. The van der Waals surface area contributed by atoms with Gasteiger partial charge in [-0.25, -0.2) is 4.98 Å². The summed E-state index contributed by atoms with van der Waals surface area (Å²) in [4.78, 5) is 16.2. The molecule has 0 atom stereocenters. The molecule has 1 N–H and O–H groups in total. The Kier molecular flexibility index (Phi) is 5.26. The molecule has 0 aromatic carbocycles. The van der Waals surface area contributed by atoms with Gasteiger partial charge in [0.25, 0.3) is 5.91 Å². The molecule has 4 heteroatoms. The van der Waals surface area contributed by atoms with E-state index >= 15 is 0 Å². The zero-order valence-electron chi connectivity index (χ0n) is 13.2. The predicted molar refractivity (Wildman–Crippen MR) is 86.5 cm³/mol. The summed E-state index contributed by atoms with van der Waals surface area (Å²) in [6, 6.07) is 5.40. The molecule has 1 aliphatic rings. The molecule has 1 saturated carbocycles. The average Bonchev–Trinajstić information content (AvgIpc) is 2.48. The Morgan fingerprint density at radius 3 is 2.57 bits per heavy atom. The van der Waals surface area contributed by atoms with Crippen LogP contribution in [0.1, 0.15) is 63.4 Å². The van der Waals surface area contributed by atoms with Crippen molar-refractivity contribution in [1.29, 1.82) is 0 Å². The maximum Gasteiger partial charge on any atom is 0.270 e. The largest absolute Gasteiger partial charge is 0.348 e. The molecule has 0 aliphatic heterocycles. The van der Waals surface area contributed by atoms with Gasteiger partial charge in [-0.05, 0) is 49.1 Å². The van der Waals surface area contributed by atoms with E-state index in [1.807, 2.05) is 0 Å². The van der Waals surface area contributed by atoms with Gasteiger partial charge in [0.15, 0.2) is 0 Å². The third-order valence-electron chi connectivity index (χ3n) is 5.03. The van der Waals surface area contributed by atoms with E-state index < -0.39 is 0 Å². The number of rotatable bonds is 4. The fourth-order valence-electron chi connectivity index (χ4n) is 3.10. The van der Waals surface area contributed by atoms with E-state index in [1.165, 1.54) is 19.3 Å². The van der Waals surface area contributed by atoms with E-state index in [-0.39, 0.29) is 11.9 Å². The third kappa shape index (κ3) is 4.19. The first-order valence-electron chi connectivity index (χ1n) is 7.86. The van der Waals surface area contributed by atoms with Crippen LogP contribution in [0, 0.1) is 11.3 Å². The molecule has 0 radical (unpaired) electrons. The highest BCUT2D eigenvalue weighted by atomic mass is 35.5. The zero-order valence-corrected chi connectivity index (χ0v) is 13.9. The van der Waals surface area contributed by atoms with Crippen LogP contribution < -0.4 is 5.32 Å². The van der Waals surface area contributed by atoms with Gasteiger partial charge in [0, 0.05) is 6.04 Å². The first kappa shape index (κ1) is 16.3. The number of pyridine rings is 1. The average molecular weight is 309 g/mol.